The first-order chi connectivity index (χ1) is 7.78. The summed E-state index contributed by atoms with van der Waals surface area (Å²) in [4.78, 5) is 0. The van der Waals surface area contributed by atoms with Gasteiger partial charge in [0.25, 0.3) is 0 Å². The van der Waals surface area contributed by atoms with Gasteiger partial charge in [-0.1, -0.05) is 36.4 Å². The van der Waals surface area contributed by atoms with Crippen LogP contribution >= 0.6 is 0 Å². The lowest BCUT2D eigenvalue weighted by atomic mass is 10.0. The molecule has 0 heterocycles. The second-order valence-electron chi connectivity index (χ2n) is 4.14. The standard InChI is InChI=1S/C15H17N/c1-3-13-7-5-9-15(11-13)16-14-8-4-6-12(2)10-14/h3,5,7-11,16H,1,4,6H2,2H3. The van der Waals surface area contributed by atoms with E-state index in [1.54, 1.807) is 0 Å². The molecule has 0 aromatic heterocycles. The topological polar surface area (TPSA) is 12.0 Å². The average molecular weight is 211 g/mol. The summed E-state index contributed by atoms with van der Waals surface area (Å²) in [5.41, 5.74) is 4.89. The molecule has 1 heteroatoms. The first-order valence-electron chi connectivity index (χ1n) is 5.65. The van der Waals surface area contributed by atoms with Crippen LogP contribution in [0.25, 0.3) is 6.08 Å². The molecule has 0 bridgehead atoms. The van der Waals surface area contributed by atoms with Crippen LogP contribution in [0.4, 0.5) is 5.69 Å². The highest BCUT2D eigenvalue weighted by atomic mass is 14.9. The number of hydrogen-bond acceptors (Lipinski definition) is 1. The fourth-order valence-electron chi connectivity index (χ4n) is 1.85. The van der Waals surface area contributed by atoms with Gasteiger partial charge in [-0.3, -0.25) is 0 Å². The zero-order valence-electron chi connectivity index (χ0n) is 9.66. The summed E-state index contributed by atoms with van der Waals surface area (Å²) in [6.45, 7) is 5.95. The van der Waals surface area contributed by atoms with Gasteiger partial charge in [-0.15, -0.1) is 0 Å². The molecular formula is C15H17N. The van der Waals surface area contributed by atoms with Crippen LogP contribution in [-0.4, -0.2) is 0 Å². The lowest BCUT2D eigenvalue weighted by molar-refractivity contribution is 0.947. The van der Waals surface area contributed by atoms with E-state index < -0.39 is 0 Å². The van der Waals surface area contributed by atoms with Crippen molar-refractivity contribution in [2.24, 2.45) is 0 Å². The summed E-state index contributed by atoms with van der Waals surface area (Å²) in [7, 11) is 0. The second kappa shape index (κ2) is 4.84. The average Bonchev–Trinajstić information content (AvgIpc) is 2.29. The molecule has 16 heavy (non-hydrogen) atoms. The highest BCUT2D eigenvalue weighted by Gasteiger charge is 2.02. The van der Waals surface area contributed by atoms with Gasteiger partial charge >= 0.3 is 0 Å². The molecule has 0 spiro atoms. The Bertz CT molecular complexity index is 452. The van der Waals surface area contributed by atoms with E-state index in [1.165, 1.54) is 17.7 Å². The van der Waals surface area contributed by atoms with E-state index in [-0.39, 0.29) is 0 Å². The predicted octanol–water partition coefficient (Wildman–Crippen LogP) is 4.37. The molecule has 0 saturated heterocycles. The number of allylic oxidation sites excluding steroid dienone is 3. The molecular weight excluding hydrogens is 194 g/mol. The van der Waals surface area contributed by atoms with E-state index in [9.17, 15) is 0 Å². The van der Waals surface area contributed by atoms with Crippen LogP contribution in [0.2, 0.25) is 0 Å². The SMILES string of the molecule is C=Cc1cccc(NC2=CCCC(C)=C2)c1. The number of anilines is 1. The van der Waals surface area contributed by atoms with Gasteiger partial charge in [-0.05, 0) is 43.5 Å². The van der Waals surface area contributed by atoms with Crippen LogP contribution in [0.3, 0.4) is 0 Å². The Morgan fingerprint density at radius 3 is 3.00 bits per heavy atom. The summed E-state index contributed by atoms with van der Waals surface area (Å²) in [6.07, 6.45) is 8.63. The highest BCUT2D eigenvalue weighted by Crippen LogP contribution is 2.20. The minimum atomic E-state index is 1.12. The van der Waals surface area contributed by atoms with Crippen molar-refractivity contribution in [2.45, 2.75) is 19.8 Å². The number of hydrogen-bond donors (Lipinski definition) is 1. The third kappa shape index (κ3) is 2.63. The molecule has 82 valence electrons. The summed E-state index contributed by atoms with van der Waals surface area (Å²) >= 11 is 0. The Balaban J connectivity index is 2.14. The third-order valence-electron chi connectivity index (χ3n) is 2.72. The Morgan fingerprint density at radius 1 is 1.38 bits per heavy atom. The van der Waals surface area contributed by atoms with Gasteiger partial charge in [-0.25, -0.2) is 0 Å². The summed E-state index contributed by atoms with van der Waals surface area (Å²) in [5, 5.41) is 3.42. The van der Waals surface area contributed by atoms with E-state index in [0.29, 0.717) is 0 Å². The molecule has 1 aromatic carbocycles. The predicted molar refractivity (Wildman–Crippen MR) is 71.2 cm³/mol. The van der Waals surface area contributed by atoms with Gasteiger partial charge in [0.15, 0.2) is 0 Å². The summed E-state index contributed by atoms with van der Waals surface area (Å²) in [6, 6.07) is 8.27. The lowest BCUT2D eigenvalue weighted by Gasteiger charge is -2.13. The van der Waals surface area contributed by atoms with Gasteiger partial charge in [0.2, 0.25) is 0 Å². The molecule has 1 nitrogen and oxygen atoms in total. The van der Waals surface area contributed by atoms with E-state index >= 15 is 0 Å². The van der Waals surface area contributed by atoms with Crippen molar-refractivity contribution in [3.8, 4) is 0 Å². The Labute approximate surface area is 97.2 Å². The number of nitrogens with one attached hydrogen (secondary N) is 1. The van der Waals surface area contributed by atoms with Crippen molar-refractivity contribution >= 4 is 11.8 Å². The molecule has 0 saturated carbocycles. The van der Waals surface area contributed by atoms with Crippen LogP contribution in [0, 0.1) is 0 Å². The molecule has 0 unspecified atom stereocenters. The maximum absolute atomic E-state index is 3.78. The van der Waals surface area contributed by atoms with Gasteiger partial charge in [-0.2, -0.15) is 0 Å². The molecule has 0 amide bonds. The van der Waals surface area contributed by atoms with Gasteiger partial charge in [0, 0.05) is 11.4 Å². The van der Waals surface area contributed by atoms with Crippen LogP contribution in [0.15, 0.2) is 54.3 Å². The smallest absolute Gasteiger partial charge is 0.0390 e. The van der Waals surface area contributed by atoms with Crippen molar-refractivity contribution in [1.29, 1.82) is 0 Å². The Hall–Kier alpha value is -1.76. The van der Waals surface area contributed by atoms with E-state index in [1.807, 2.05) is 12.1 Å². The largest absolute Gasteiger partial charge is 0.356 e. The zero-order chi connectivity index (χ0) is 11.4. The van der Waals surface area contributed by atoms with Crippen molar-refractivity contribution in [1.82, 2.24) is 0 Å². The molecule has 0 radical (unpaired) electrons. The maximum atomic E-state index is 3.78. The quantitative estimate of drug-likeness (QED) is 0.783. The van der Waals surface area contributed by atoms with E-state index in [2.05, 4.69) is 49.2 Å². The Kier molecular flexibility index (Phi) is 3.25. The van der Waals surface area contributed by atoms with Gasteiger partial charge in [0.1, 0.15) is 0 Å². The van der Waals surface area contributed by atoms with Crippen molar-refractivity contribution in [2.75, 3.05) is 5.32 Å². The molecule has 0 fully saturated rings. The van der Waals surface area contributed by atoms with Crippen LogP contribution in [0.5, 0.6) is 0 Å². The van der Waals surface area contributed by atoms with Crippen molar-refractivity contribution in [3.05, 3.63) is 59.8 Å². The molecule has 2 rings (SSSR count). The normalized spacial score (nSPS) is 15.1. The fourth-order valence-corrected chi connectivity index (χ4v) is 1.85. The van der Waals surface area contributed by atoms with Gasteiger partial charge < -0.3 is 5.32 Å². The minimum Gasteiger partial charge on any atom is -0.356 e. The molecule has 1 aromatic rings. The highest BCUT2D eigenvalue weighted by molar-refractivity contribution is 5.59. The van der Waals surface area contributed by atoms with Gasteiger partial charge in [0.05, 0.1) is 0 Å². The molecule has 1 aliphatic rings. The summed E-state index contributed by atoms with van der Waals surface area (Å²) < 4.78 is 0. The lowest BCUT2D eigenvalue weighted by Crippen LogP contribution is -2.01. The monoisotopic (exact) mass is 211 g/mol. The number of benzene rings is 1. The molecule has 1 aliphatic carbocycles. The maximum Gasteiger partial charge on any atom is 0.0390 e. The summed E-state index contributed by atoms with van der Waals surface area (Å²) in [5.74, 6) is 0. The molecule has 0 atom stereocenters. The zero-order valence-corrected chi connectivity index (χ0v) is 9.66. The Morgan fingerprint density at radius 2 is 2.25 bits per heavy atom. The van der Waals surface area contributed by atoms with Crippen molar-refractivity contribution in [3.63, 3.8) is 0 Å². The first kappa shape index (κ1) is 10.7. The fraction of sp³-hybridized carbons (Fsp3) is 0.200. The van der Waals surface area contributed by atoms with Crippen LogP contribution in [0.1, 0.15) is 25.3 Å². The van der Waals surface area contributed by atoms with Crippen LogP contribution in [-0.2, 0) is 0 Å². The minimum absolute atomic E-state index is 1.12. The van der Waals surface area contributed by atoms with E-state index in [4.69, 9.17) is 0 Å². The van der Waals surface area contributed by atoms with Crippen LogP contribution < -0.4 is 5.32 Å². The number of rotatable bonds is 3. The molecule has 0 aliphatic heterocycles. The third-order valence-corrected chi connectivity index (χ3v) is 2.72. The second-order valence-corrected chi connectivity index (χ2v) is 4.14. The molecule has 1 N–H and O–H groups in total. The van der Waals surface area contributed by atoms with E-state index in [0.717, 1.165) is 17.7 Å². The van der Waals surface area contributed by atoms with Crippen molar-refractivity contribution < 1.29 is 0 Å². The first-order valence-corrected chi connectivity index (χ1v) is 5.65.